The number of sulfonamides is 1. The van der Waals surface area contributed by atoms with E-state index in [1.165, 1.54) is 6.42 Å². The van der Waals surface area contributed by atoms with Crippen molar-refractivity contribution in [2.24, 2.45) is 5.41 Å². The van der Waals surface area contributed by atoms with Crippen LogP contribution in [0.1, 0.15) is 38.2 Å². The molecule has 1 heterocycles. The van der Waals surface area contributed by atoms with Crippen molar-refractivity contribution in [1.82, 2.24) is 20.2 Å². The highest BCUT2D eigenvalue weighted by molar-refractivity contribution is 7.89. The van der Waals surface area contributed by atoms with Crippen molar-refractivity contribution in [3.8, 4) is 0 Å². The van der Waals surface area contributed by atoms with Crippen LogP contribution in [0.4, 0.5) is 0 Å². The molecule has 3 N–H and O–H groups in total. The molecule has 1 saturated carbocycles. The molecule has 1 aliphatic rings. The van der Waals surface area contributed by atoms with Crippen molar-refractivity contribution in [1.29, 1.82) is 0 Å². The summed E-state index contributed by atoms with van der Waals surface area (Å²) in [4.78, 5) is 0. The Morgan fingerprint density at radius 1 is 1.47 bits per heavy atom. The summed E-state index contributed by atoms with van der Waals surface area (Å²) < 4.78 is 27.3. The second-order valence-electron chi connectivity index (χ2n) is 5.29. The lowest BCUT2D eigenvalue weighted by molar-refractivity contribution is 0.133. The molecule has 1 fully saturated rings. The zero-order valence-corrected chi connectivity index (χ0v) is 12.3. The number of hydrogen-bond acceptors (Lipinski definition) is 4. The molecule has 1 aromatic rings. The van der Waals surface area contributed by atoms with Crippen LogP contribution in [0.3, 0.4) is 0 Å². The van der Waals surface area contributed by atoms with Crippen molar-refractivity contribution in [2.75, 3.05) is 13.6 Å². The van der Waals surface area contributed by atoms with E-state index in [1.54, 1.807) is 13.2 Å². The molecule has 108 valence electrons. The predicted molar refractivity (Wildman–Crippen MR) is 73.1 cm³/mol. The zero-order valence-electron chi connectivity index (χ0n) is 11.5. The van der Waals surface area contributed by atoms with Gasteiger partial charge in [0.15, 0.2) is 5.03 Å². The monoisotopic (exact) mass is 286 g/mol. The zero-order chi connectivity index (χ0) is 13.9. The van der Waals surface area contributed by atoms with Gasteiger partial charge in [-0.05, 0) is 31.7 Å². The van der Waals surface area contributed by atoms with E-state index in [1.807, 2.05) is 0 Å². The largest absolute Gasteiger partial charge is 0.316 e. The first-order valence-corrected chi connectivity index (χ1v) is 8.18. The van der Waals surface area contributed by atoms with Crippen molar-refractivity contribution >= 4 is 10.0 Å². The van der Waals surface area contributed by atoms with Gasteiger partial charge < -0.3 is 5.32 Å². The minimum Gasteiger partial charge on any atom is -0.316 e. The molecule has 0 amide bonds. The van der Waals surface area contributed by atoms with Gasteiger partial charge in [0.25, 0.3) is 10.0 Å². The van der Waals surface area contributed by atoms with E-state index >= 15 is 0 Å². The molecule has 0 unspecified atom stereocenters. The van der Waals surface area contributed by atoms with Crippen LogP contribution in [-0.4, -0.2) is 32.2 Å². The number of aromatic nitrogens is 2. The third-order valence-corrected chi connectivity index (χ3v) is 5.53. The van der Waals surface area contributed by atoms with Crippen molar-refractivity contribution in [3.05, 3.63) is 11.8 Å². The molecular weight excluding hydrogens is 264 g/mol. The fourth-order valence-corrected chi connectivity index (χ4v) is 3.78. The topological polar surface area (TPSA) is 86.9 Å². The predicted octanol–water partition coefficient (Wildman–Crippen LogP) is 0.988. The summed E-state index contributed by atoms with van der Waals surface area (Å²) in [5, 5.41) is 9.51. The van der Waals surface area contributed by atoms with Gasteiger partial charge in [0.2, 0.25) is 0 Å². The van der Waals surface area contributed by atoms with Crippen molar-refractivity contribution in [3.63, 3.8) is 0 Å². The summed E-state index contributed by atoms with van der Waals surface area (Å²) in [6.07, 6.45) is 5.98. The van der Waals surface area contributed by atoms with Crippen LogP contribution in [0, 0.1) is 5.41 Å². The second kappa shape index (κ2) is 5.60. The van der Waals surface area contributed by atoms with E-state index in [-0.39, 0.29) is 10.4 Å². The van der Waals surface area contributed by atoms with Gasteiger partial charge in [-0.3, -0.25) is 5.10 Å². The number of H-pyrrole nitrogens is 1. The molecule has 7 heteroatoms. The summed E-state index contributed by atoms with van der Waals surface area (Å²) in [5.41, 5.74) is 0.824. The number of rotatable bonds is 7. The Kier molecular flexibility index (Phi) is 4.27. The lowest BCUT2D eigenvalue weighted by Gasteiger charge is -2.41. The molecule has 6 nitrogen and oxygen atoms in total. The third kappa shape index (κ3) is 2.98. The fourth-order valence-electron chi connectivity index (χ4n) is 2.50. The summed E-state index contributed by atoms with van der Waals surface area (Å²) in [5.74, 6) is 0. The number of hydrogen-bond donors (Lipinski definition) is 3. The van der Waals surface area contributed by atoms with Crippen LogP contribution in [0.5, 0.6) is 0 Å². The van der Waals surface area contributed by atoms with Gasteiger partial charge in [-0.2, -0.15) is 5.10 Å². The van der Waals surface area contributed by atoms with Gasteiger partial charge in [-0.25, -0.2) is 13.1 Å². The van der Waals surface area contributed by atoms with Crippen LogP contribution in [0.15, 0.2) is 11.2 Å². The highest BCUT2D eigenvalue weighted by Gasteiger charge is 2.36. The Morgan fingerprint density at radius 2 is 2.21 bits per heavy atom. The molecule has 0 aliphatic heterocycles. The lowest BCUT2D eigenvalue weighted by Crippen LogP contribution is -2.41. The first-order valence-electron chi connectivity index (χ1n) is 6.69. The van der Waals surface area contributed by atoms with Gasteiger partial charge in [-0.1, -0.05) is 13.3 Å². The standard InChI is InChI=1S/C12H22N4O2S/c1-3-12(5-4-6-12)9-15-19(17,18)11-10(7-13-2)8-14-16-11/h8,13,15H,3-7,9H2,1-2H3,(H,14,16). The van der Waals surface area contributed by atoms with E-state index in [0.717, 1.165) is 19.3 Å². The van der Waals surface area contributed by atoms with Crippen LogP contribution < -0.4 is 10.0 Å². The van der Waals surface area contributed by atoms with E-state index < -0.39 is 10.0 Å². The second-order valence-corrected chi connectivity index (χ2v) is 6.99. The number of aromatic amines is 1. The van der Waals surface area contributed by atoms with Gasteiger partial charge in [0, 0.05) is 18.7 Å². The Morgan fingerprint density at radius 3 is 2.74 bits per heavy atom. The van der Waals surface area contributed by atoms with E-state index in [2.05, 4.69) is 27.2 Å². The smallest absolute Gasteiger partial charge is 0.257 e. The van der Waals surface area contributed by atoms with Crippen LogP contribution >= 0.6 is 0 Å². The summed E-state index contributed by atoms with van der Waals surface area (Å²) in [6.45, 7) is 3.12. The van der Waals surface area contributed by atoms with Crippen LogP contribution in [0.25, 0.3) is 0 Å². The van der Waals surface area contributed by atoms with Crippen LogP contribution in [-0.2, 0) is 16.6 Å². The fraction of sp³-hybridized carbons (Fsp3) is 0.750. The van der Waals surface area contributed by atoms with Gasteiger partial charge in [0.1, 0.15) is 0 Å². The molecule has 0 bridgehead atoms. The maximum Gasteiger partial charge on any atom is 0.257 e. The summed E-state index contributed by atoms with van der Waals surface area (Å²) >= 11 is 0. The van der Waals surface area contributed by atoms with Gasteiger partial charge >= 0.3 is 0 Å². The molecule has 1 aromatic heterocycles. The Hall–Kier alpha value is -0.920. The number of nitrogens with one attached hydrogen (secondary N) is 3. The third-order valence-electron chi connectivity index (χ3n) is 4.12. The van der Waals surface area contributed by atoms with Crippen LogP contribution in [0.2, 0.25) is 0 Å². The summed E-state index contributed by atoms with van der Waals surface area (Å²) in [7, 11) is -1.72. The molecule has 0 radical (unpaired) electrons. The summed E-state index contributed by atoms with van der Waals surface area (Å²) in [6, 6.07) is 0. The average Bonchev–Trinajstić information content (AvgIpc) is 2.78. The quantitative estimate of drug-likeness (QED) is 0.697. The molecular formula is C12H22N4O2S. The van der Waals surface area contributed by atoms with Crippen molar-refractivity contribution in [2.45, 2.75) is 44.2 Å². The van der Waals surface area contributed by atoms with E-state index in [0.29, 0.717) is 18.7 Å². The average molecular weight is 286 g/mol. The van der Waals surface area contributed by atoms with E-state index in [4.69, 9.17) is 0 Å². The maximum absolute atomic E-state index is 12.3. The molecule has 2 rings (SSSR count). The molecule has 0 spiro atoms. The Bertz CT molecular complexity index is 514. The minimum absolute atomic E-state index is 0.163. The van der Waals surface area contributed by atoms with Gasteiger partial charge in [-0.15, -0.1) is 0 Å². The highest BCUT2D eigenvalue weighted by Crippen LogP contribution is 2.43. The first kappa shape index (κ1) is 14.5. The molecule has 0 atom stereocenters. The minimum atomic E-state index is -3.50. The number of nitrogens with zero attached hydrogens (tertiary/aromatic N) is 1. The lowest BCUT2D eigenvalue weighted by atomic mass is 9.67. The highest BCUT2D eigenvalue weighted by atomic mass is 32.2. The SMILES string of the molecule is CCC1(CNS(=O)(=O)c2[nH]ncc2CNC)CCC1. The van der Waals surface area contributed by atoms with Gasteiger partial charge in [0.05, 0.1) is 6.20 Å². The molecule has 1 aliphatic carbocycles. The first-order chi connectivity index (χ1) is 9.03. The van der Waals surface area contributed by atoms with E-state index in [9.17, 15) is 8.42 Å². The van der Waals surface area contributed by atoms with Crippen molar-refractivity contribution < 1.29 is 8.42 Å². The molecule has 0 aromatic carbocycles. The molecule has 0 saturated heterocycles. The Labute approximate surface area is 114 Å². The normalized spacial score (nSPS) is 18.2. The maximum atomic E-state index is 12.3. The molecule has 19 heavy (non-hydrogen) atoms. The Balaban J connectivity index is 2.07.